The van der Waals surface area contributed by atoms with E-state index < -0.39 is 0 Å². The zero-order valence-electron chi connectivity index (χ0n) is 11.7. The molecule has 3 N–H and O–H groups in total. The minimum absolute atomic E-state index is 0.133. The van der Waals surface area contributed by atoms with Crippen molar-refractivity contribution >= 4 is 0 Å². The monoisotopic (exact) mass is 264 g/mol. The van der Waals surface area contributed by atoms with Gasteiger partial charge in [0.2, 0.25) is 0 Å². The number of nitrogens with one attached hydrogen (secondary N) is 1. The van der Waals surface area contributed by atoms with Crippen LogP contribution in [0.2, 0.25) is 0 Å². The van der Waals surface area contributed by atoms with Crippen LogP contribution >= 0.6 is 0 Å². The lowest BCUT2D eigenvalue weighted by Crippen LogP contribution is -2.29. The van der Waals surface area contributed by atoms with Gasteiger partial charge in [-0.25, -0.2) is 0 Å². The molecule has 1 aromatic carbocycles. The number of ether oxygens (including phenoxy) is 2. The quantitative estimate of drug-likeness (QED) is 0.451. The highest BCUT2D eigenvalue weighted by Crippen LogP contribution is 2.34. The van der Waals surface area contributed by atoms with Gasteiger partial charge in [0.05, 0.1) is 6.61 Å². The molecule has 1 aliphatic heterocycles. The molecule has 2 rings (SSSR count). The van der Waals surface area contributed by atoms with Crippen LogP contribution in [0.5, 0.6) is 5.75 Å². The third kappa shape index (κ3) is 3.69. The number of fused-ring (bicyclic) bond motifs is 1. The van der Waals surface area contributed by atoms with Crippen molar-refractivity contribution in [3.63, 3.8) is 0 Å². The Morgan fingerprint density at radius 1 is 1.47 bits per heavy atom. The second-order valence-electron chi connectivity index (χ2n) is 4.85. The maximum atomic E-state index is 5.84. The van der Waals surface area contributed by atoms with Crippen LogP contribution in [-0.2, 0) is 11.2 Å². The van der Waals surface area contributed by atoms with E-state index in [1.807, 2.05) is 6.92 Å². The van der Waals surface area contributed by atoms with Crippen LogP contribution in [0.4, 0.5) is 0 Å². The van der Waals surface area contributed by atoms with Gasteiger partial charge in [0.25, 0.3) is 0 Å². The van der Waals surface area contributed by atoms with Crippen molar-refractivity contribution in [3.8, 4) is 5.75 Å². The van der Waals surface area contributed by atoms with Crippen molar-refractivity contribution in [2.24, 2.45) is 5.84 Å². The van der Waals surface area contributed by atoms with Crippen molar-refractivity contribution in [1.29, 1.82) is 0 Å². The number of hydrogen-bond donors (Lipinski definition) is 2. The summed E-state index contributed by atoms with van der Waals surface area (Å²) in [6.45, 7) is 4.37. The van der Waals surface area contributed by atoms with Gasteiger partial charge in [0.15, 0.2) is 0 Å². The summed E-state index contributed by atoms with van der Waals surface area (Å²) in [5.74, 6) is 6.74. The van der Waals surface area contributed by atoms with Gasteiger partial charge in [-0.05, 0) is 38.2 Å². The molecule has 0 amide bonds. The van der Waals surface area contributed by atoms with E-state index in [0.717, 1.165) is 51.3 Å². The largest absolute Gasteiger partial charge is 0.493 e. The van der Waals surface area contributed by atoms with E-state index in [0.29, 0.717) is 0 Å². The Morgan fingerprint density at radius 2 is 2.37 bits per heavy atom. The first kappa shape index (κ1) is 14.3. The van der Waals surface area contributed by atoms with Crippen LogP contribution in [-0.4, -0.2) is 19.8 Å². The molecule has 1 aromatic rings. The summed E-state index contributed by atoms with van der Waals surface area (Å²) >= 11 is 0. The molecule has 1 unspecified atom stereocenters. The van der Waals surface area contributed by atoms with Gasteiger partial charge in [0.1, 0.15) is 5.75 Å². The van der Waals surface area contributed by atoms with E-state index in [1.54, 1.807) is 0 Å². The van der Waals surface area contributed by atoms with Crippen molar-refractivity contribution in [2.45, 2.75) is 38.6 Å². The molecular weight excluding hydrogens is 240 g/mol. The van der Waals surface area contributed by atoms with E-state index >= 15 is 0 Å². The highest BCUT2D eigenvalue weighted by molar-refractivity contribution is 5.44. The highest BCUT2D eigenvalue weighted by atomic mass is 16.5. The van der Waals surface area contributed by atoms with Gasteiger partial charge < -0.3 is 9.47 Å². The first-order valence-electron chi connectivity index (χ1n) is 7.15. The zero-order valence-corrected chi connectivity index (χ0v) is 11.7. The number of hydrazine groups is 1. The molecule has 1 heterocycles. The van der Waals surface area contributed by atoms with Crippen molar-refractivity contribution in [3.05, 3.63) is 29.3 Å². The third-order valence-electron chi connectivity index (χ3n) is 3.53. The standard InChI is InChI=1S/C15H24N2O2/c1-2-18-10-5-9-14(17-16)13-8-3-6-12-7-4-11-19-15(12)13/h3,6,8,14,17H,2,4-5,7,9-11,16H2,1H3. The van der Waals surface area contributed by atoms with Crippen LogP contribution in [0.1, 0.15) is 43.4 Å². The van der Waals surface area contributed by atoms with E-state index in [1.165, 1.54) is 11.1 Å². The van der Waals surface area contributed by atoms with Crippen LogP contribution in [0.3, 0.4) is 0 Å². The van der Waals surface area contributed by atoms with Gasteiger partial charge in [-0.2, -0.15) is 0 Å². The predicted octanol–water partition coefficient (Wildman–Crippen LogP) is 2.33. The average molecular weight is 264 g/mol. The van der Waals surface area contributed by atoms with Gasteiger partial charge in [-0.3, -0.25) is 11.3 Å². The molecule has 0 bridgehead atoms. The molecule has 1 aliphatic rings. The zero-order chi connectivity index (χ0) is 13.5. The van der Waals surface area contributed by atoms with Crippen LogP contribution in [0, 0.1) is 0 Å². The number of para-hydroxylation sites is 1. The van der Waals surface area contributed by atoms with Gasteiger partial charge in [-0.1, -0.05) is 18.2 Å². The fourth-order valence-corrected chi connectivity index (χ4v) is 2.55. The molecule has 0 spiro atoms. The topological polar surface area (TPSA) is 56.5 Å². The summed E-state index contributed by atoms with van der Waals surface area (Å²) in [7, 11) is 0. The first-order valence-corrected chi connectivity index (χ1v) is 7.15. The molecule has 0 saturated carbocycles. The molecule has 0 aromatic heterocycles. The van der Waals surface area contributed by atoms with Crippen LogP contribution < -0.4 is 16.0 Å². The van der Waals surface area contributed by atoms with Crippen LogP contribution in [0.25, 0.3) is 0 Å². The van der Waals surface area contributed by atoms with E-state index in [9.17, 15) is 0 Å². The van der Waals surface area contributed by atoms with Gasteiger partial charge in [-0.15, -0.1) is 0 Å². The lowest BCUT2D eigenvalue weighted by molar-refractivity contribution is 0.140. The Hall–Kier alpha value is -1.10. The highest BCUT2D eigenvalue weighted by Gasteiger charge is 2.19. The van der Waals surface area contributed by atoms with E-state index in [-0.39, 0.29) is 6.04 Å². The Labute approximate surface area is 115 Å². The maximum absolute atomic E-state index is 5.84. The molecule has 106 valence electrons. The van der Waals surface area contributed by atoms with Crippen molar-refractivity contribution < 1.29 is 9.47 Å². The Kier molecular flexibility index (Phi) is 5.63. The Balaban J connectivity index is 2.05. The smallest absolute Gasteiger partial charge is 0.127 e. The molecule has 0 aliphatic carbocycles. The van der Waals surface area contributed by atoms with E-state index in [4.69, 9.17) is 15.3 Å². The third-order valence-corrected chi connectivity index (χ3v) is 3.53. The second-order valence-corrected chi connectivity index (χ2v) is 4.85. The van der Waals surface area contributed by atoms with E-state index in [2.05, 4.69) is 23.6 Å². The number of rotatable bonds is 7. The van der Waals surface area contributed by atoms with Crippen LogP contribution in [0.15, 0.2) is 18.2 Å². The number of benzene rings is 1. The van der Waals surface area contributed by atoms with Crippen molar-refractivity contribution in [2.75, 3.05) is 19.8 Å². The SMILES string of the molecule is CCOCCCC(NN)c1cccc2c1OCCC2. The van der Waals surface area contributed by atoms with Gasteiger partial charge in [0, 0.05) is 24.8 Å². The summed E-state index contributed by atoms with van der Waals surface area (Å²) < 4.78 is 11.2. The fraction of sp³-hybridized carbons (Fsp3) is 0.600. The minimum atomic E-state index is 0.133. The second kappa shape index (κ2) is 7.48. The molecule has 4 nitrogen and oxygen atoms in total. The lowest BCUT2D eigenvalue weighted by Gasteiger charge is -2.24. The summed E-state index contributed by atoms with van der Waals surface area (Å²) in [6, 6.07) is 6.48. The predicted molar refractivity (Wildman–Crippen MR) is 76.0 cm³/mol. The van der Waals surface area contributed by atoms with Crippen molar-refractivity contribution in [1.82, 2.24) is 5.43 Å². The molecule has 4 heteroatoms. The summed E-state index contributed by atoms with van der Waals surface area (Å²) in [5.41, 5.74) is 5.39. The number of hydrogen-bond acceptors (Lipinski definition) is 4. The molecule has 0 saturated heterocycles. The average Bonchev–Trinajstić information content (AvgIpc) is 2.47. The number of nitrogens with two attached hydrogens (primary N) is 1. The molecular formula is C15H24N2O2. The fourth-order valence-electron chi connectivity index (χ4n) is 2.55. The Morgan fingerprint density at radius 3 is 3.16 bits per heavy atom. The lowest BCUT2D eigenvalue weighted by atomic mass is 9.96. The number of aryl methyl sites for hydroxylation is 1. The minimum Gasteiger partial charge on any atom is -0.493 e. The van der Waals surface area contributed by atoms with Gasteiger partial charge >= 0.3 is 0 Å². The summed E-state index contributed by atoms with van der Waals surface area (Å²) in [5, 5.41) is 0. The Bertz CT molecular complexity index is 396. The summed E-state index contributed by atoms with van der Waals surface area (Å²) in [4.78, 5) is 0. The summed E-state index contributed by atoms with van der Waals surface area (Å²) in [6.07, 6.45) is 4.14. The first-order chi connectivity index (χ1) is 9.36. The molecule has 0 radical (unpaired) electrons. The normalized spacial score (nSPS) is 15.7. The maximum Gasteiger partial charge on any atom is 0.127 e. The molecule has 1 atom stereocenters. The molecule has 0 fully saturated rings. The molecule has 19 heavy (non-hydrogen) atoms.